The molecule has 0 spiro atoms. The second kappa shape index (κ2) is 17.5. The van der Waals surface area contributed by atoms with Crippen LogP contribution in [0.1, 0.15) is 56.5 Å². The van der Waals surface area contributed by atoms with Gasteiger partial charge < -0.3 is 41.6 Å². The average molecular weight is 848 g/mol. The molecule has 2 aromatic heterocycles. The predicted molar refractivity (Wildman–Crippen MR) is 221 cm³/mol. The molecular formula is C42H35F2N9O9. The van der Waals surface area contributed by atoms with Crippen LogP contribution < -0.4 is 38.0 Å². The molecule has 3 amide bonds. The second-order valence-electron chi connectivity index (χ2n) is 14.1. The highest BCUT2D eigenvalue weighted by Gasteiger charge is 2.25. The van der Waals surface area contributed by atoms with E-state index in [1.807, 2.05) is 0 Å². The Bertz CT molecular complexity index is 3010. The lowest BCUT2D eigenvalue weighted by Gasteiger charge is -2.18. The van der Waals surface area contributed by atoms with E-state index in [0.717, 1.165) is 30.3 Å². The van der Waals surface area contributed by atoms with Crippen molar-refractivity contribution in [3.8, 4) is 28.2 Å². The highest BCUT2D eigenvalue weighted by atomic mass is 19.1. The number of aromatic amines is 1. The number of halogens is 2. The van der Waals surface area contributed by atoms with Crippen LogP contribution in [-0.2, 0) is 11.3 Å². The van der Waals surface area contributed by atoms with Crippen LogP contribution in [0.5, 0.6) is 5.75 Å². The van der Waals surface area contributed by atoms with Crippen molar-refractivity contribution < 1.29 is 42.6 Å². The maximum atomic E-state index is 14.6. The maximum absolute atomic E-state index is 14.6. The number of rotatable bonds is 14. The number of phenols is 1. The normalized spacial score (nSPS) is 11.7. The number of anilines is 2. The number of amides is 3. The summed E-state index contributed by atoms with van der Waals surface area (Å²) in [4.78, 5) is 90.0. The Morgan fingerprint density at radius 2 is 1.63 bits per heavy atom. The number of aromatic nitrogens is 4. The van der Waals surface area contributed by atoms with Crippen LogP contribution in [-0.4, -0.2) is 73.0 Å². The lowest BCUT2D eigenvalue weighted by atomic mass is 9.89. The summed E-state index contributed by atoms with van der Waals surface area (Å²) < 4.78 is 34.9. The summed E-state index contributed by atoms with van der Waals surface area (Å²) in [5, 5.41) is 31.3. The van der Waals surface area contributed by atoms with Gasteiger partial charge in [-0.2, -0.15) is 4.98 Å². The fourth-order valence-corrected chi connectivity index (χ4v) is 6.55. The highest BCUT2D eigenvalue weighted by Crippen LogP contribution is 2.43. The van der Waals surface area contributed by atoms with E-state index in [9.17, 15) is 47.8 Å². The van der Waals surface area contributed by atoms with E-state index >= 15 is 0 Å². The van der Waals surface area contributed by atoms with E-state index in [1.165, 1.54) is 18.3 Å². The standard InChI is InChI=1S/C42H35F2N9O9/c1-19(50-39(58)20-3-6-22(7-4-20)48-17-23-18-49-37-36(51-23)40(59)53-42(45)52-37)2-9-34(56)46-10-11-47-38(57)21-5-8-24(41(60)61)25(12-21)35-26-13-28(43)30(54)15-32(26)62-33-16-31(55)29(44)14-27(33)35/h3-8,12-16,18-19,48,54H,2,9-11,17H2,1H3,(H,46,56)(H,47,57)(H,50,58)(H,60,61)(H3,45,49,52,53,59). The first kappa shape index (κ1) is 41.9. The first-order valence-electron chi connectivity index (χ1n) is 18.8. The molecule has 9 N–H and O–H groups in total. The summed E-state index contributed by atoms with van der Waals surface area (Å²) in [5.74, 6) is -6.08. The van der Waals surface area contributed by atoms with Crippen molar-refractivity contribution in [1.29, 1.82) is 0 Å². The largest absolute Gasteiger partial charge is 0.505 e. The molecule has 0 bridgehead atoms. The van der Waals surface area contributed by atoms with E-state index in [1.54, 1.807) is 31.2 Å². The minimum Gasteiger partial charge on any atom is -0.505 e. The SMILES string of the molecule is CC(CCC(=O)NCCNC(=O)c1ccc(C(=O)O)c(-c2c3cc(F)c(=O)cc-3oc3cc(O)c(F)cc23)c1)NC(=O)c1ccc(NCc2cnc3nc(N)[nH]c(=O)c3n2)cc1. The molecule has 62 heavy (non-hydrogen) atoms. The molecule has 0 fully saturated rings. The molecule has 1 aliphatic carbocycles. The van der Waals surface area contributed by atoms with Crippen LogP contribution in [0, 0.1) is 11.6 Å². The van der Waals surface area contributed by atoms with Gasteiger partial charge in [-0.3, -0.25) is 29.0 Å². The number of fused-ring (bicyclic) bond motifs is 3. The van der Waals surface area contributed by atoms with E-state index in [-0.39, 0.29) is 106 Å². The number of hydrogen-bond acceptors (Lipinski definition) is 13. The van der Waals surface area contributed by atoms with Crippen LogP contribution in [0.25, 0.3) is 44.6 Å². The molecule has 3 aromatic carbocycles. The van der Waals surface area contributed by atoms with Gasteiger partial charge in [-0.25, -0.2) is 23.5 Å². The molecule has 1 atom stereocenters. The van der Waals surface area contributed by atoms with Crippen LogP contribution >= 0.6 is 0 Å². The van der Waals surface area contributed by atoms with Crippen molar-refractivity contribution in [2.24, 2.45) is 0 Å². The number of hydrogen-bond donors (Lipinski definition) is 8. The average Bonchev–Trinajstić information content (AvgIpc) is 3.24. The Morgan fingerprint density at radius 1 is 0.887 bits per heavy atom. The Morgan fingerprint density at radius 3 is 2.39 bits per heavy atom. The highest BCUT2D eigenvalue weighted by molar-refractivity contribution is 6.09. The minimum absolute atomic E-state index is 0.0266. The van der Waals surface area contributed by atoms with E-state index < -0.39 is 40.2 Å². The Hall–Kier alpha value is -8.29. The Labute approximate surface area is 347 Å². The van der Waals surface area contributed by atoms with Gasteiger partial charge in [0.1, 0.15) is 11.3 Å². The van der Waals surface area contributed by atoms with E-state index in [0.29, 0.717) is 23.4 Å². The number of nitrogens with two attached hydrogens (primary N) is 1. The minimum atomic E-state index is -1.43. The topological polar surface area (TPSA) is 285 Å². The fourth-order valence-electron chi connectivity index (χ4n) is 6.55. The molecule has 5 aromatic rings. The molecule has 0 radical (unpaired) electrons. The van der Waals surface area contributed by atoms with Gasteiger partial charge in [0.25, 0.3) is 17.4 Å². The summed E-state index contributed by atoms with van der Waals surface area (Å²) in [6.45, 7) is 1.98. The Kier molecular flexibility index (Phi) is 11.8. The molecule has 316 valence electrons. The smallest absolute Gasteiger partial charge is 0.336 e. The van der Waals surface area contributed by atoms with Crippen molar-refractivity contribution in [3.63, 3.8) is 0 Å². The third kappa shape index (κ3) is 9.13. The monoisotopic (exact) mass is 847 g/mol. The number of nitrogens with one attached hydrogen (secondary N) is 5. The van der Waals surface area contributed by atoms with Crippen LogP contribution in [0.2, 0.25) is 0 Å². The van der Waals surface area contributed by atoms with Crippen molar-refractivity contribution in [1.82, 2.24) is 35.9 Å². The van der Waals surface area contributed by atoms with Gasteiger partial charge >= 0.3 is 5.97 Å². The van der Waals surface area contributed by atoms with Crippen molar-refractivity contribution >= 4 is 57.5 Å². The summed E-state index contributed by atoms with van der Waals surface area (Å²) in [6.07, 6.45) is 1.83. The van der Waals surface area contributed by atoms with Gasteiger partial charge in [0.15, 0.2) is 28.5 Å². The lowest BCUT2D eigenvalue weighted by molar-refractivity contribution is -0.121. The summed E-state index contributed by atoms with van der Waals surface area (Å²) in [7, 11) is 0. The van der Waals surface area contributed by atoms with Gasteiger partial charge in [0.2, 0.25) is 17.3 Å². The maximum Gasteiger partial charge on any atom is 0.336 e. The predicted octanol–water partition coefficient (Wildman–Crippen LogP) is 3.91. The molecule has 0 saturated carbocycles. The summed E-state index contributed by atoms with van der Waals surface area (Å²) in [5.41, 5.74) is 4.95. The third-order valence-corrected chi connectivity index (χ3v) is 9.64. The zero-order valence-electron chi connectivity index (χ0n) is 32.5. The molecular weight excluding hydrogens is 813 g/mol. The molecule has 2 aliphatic rings. The second-order valence-corrected chi connectivity index (χ2v) is 14.1. The number of carboxylic acid groups (broad SMARTS) is 1. The van der Waals surface area contributed by atoms with Crippen LogP contribution in [0.15, 0.2) is 86.9 Å². The zero-order valence-corrected chi connectivity index (χ0v) is 32.5. The molecule has 1 aliphatic heterocycles. The number of nitrogens with zero attached hydrogens (tertiary/aromatic N) is 3. The summed E-state index contributed by atoms with van der Waals surface area (Å²) >= 11 is 0. The first-order chi connectivity index (χ1) is 29.6. The molecule has 0 saturated heterocycles. The Balaban J connectivity index is 0.906. The lowest BCUT2D eigenvalue weighted by Crippen LogP contribution is -2.36. The van der Waals surface area contributed by atoms with Gasteiger partial charge in [0.05, 0.1) is 24.0 Å². The number of nitrogen functional groups attached to an aromatic ring is 1. The van der Waals surface area contributed by atoms with Gasteiger partial charge in [-0.05, 0) is 73.5 Å². The van der Waals surface area contributed by atoms with Crippen LogP contribution in [0.3, 0.4) is 0 Å². The van der Waals surface area contributed by atoms with Crippen molar-refractivity contribution in [2.45, 2.75) is 32.4 Å². The number of carboxylic acids is 1. The number of H-pyrrole nitrogens is 1. The molecule has 3 heterocycles. The molecule has 7 rings (SSSR count). The van der Waals surface area contributed by atoms with E-state index in [4.69, 9.17) is 10.2 Å². The number of carbonyl (C=O) groups excluding carboxylic acids is 3. The van der Waals surface area contributed by atoms with Gasteiger partial charge in [-0.1, -0.05) is 0 Å². The zero-order chi connectivity index (χ0) is 44.2. The third-order valence-electron chi connectivity index (χ3n) is 9.64. The van der Waals surface area contributed by atoms with Crippen molar-refractivity contribution in [3.05, 3.63) is 128 Å². The fraction of sp³-hybridized carbons (Fsp3) is 0.167. The van der Waals surface area contributed by atoms with Crippen molar-refractivity contribution in [2.75, 3.05) is 24.1 Å². The molecule has 1 unspecified atom stereocenters. The van der Waals surface area contributed by atoms with Gasteiger partial charge in [0, 0.05) is 71.0 Å². The first-order valence-corrected chi connectivity index (χ1v) is 18.8. The number of phenolic OH excluding ortho intramolecular Hbond substituents is 1. The van der Waals surface area contributed by atoms with Crippen LogP contribution in [0.4, 0.5) is 20.4 Å². The quantitative estimate of drug-likeness (QED) is 0.0569. The number of aromatic hydroxyl groups is 1. The van der Waals surface area contributed by atoms with Gasteiger partial charge in [-0.15, -0.1) is 0 Å². The number of benzene rings is 4. The van der Waals surface area contributed by atoms with E-state index in [2.05, 4.69) is 41.2 Å². The summed E-state index contributed by atoms with van der Waals surface area (Å²) in [6, 6.07) is 13.3. The number of aromatic carboxylic acids is 1. The molecule has 18 nitrogen and oxygen atoms in total. The number of carbonyl (C=O) groups is 4. The molecule has 20 heteroatoms.